The van der Waals surface area contributed by atoms with E-state index in [1.807, 2.05) is 75.4 Å². The number of ether oxygens (including phenoxy) is 2. The third kappa shape index (κ3) is 6.14. The fraction of sp³-hybridized carbons (Fsp3) is 0.346. The lowest BCUT2D eigenvalue weighted by Crippen LogP contribution is -2.36. The fourth-order valence-corrected chi connectivity index (χ4v) is 4.55. The summed E-state index contributed by atoms with van der Waals surface area (Å²) < 4.78 is 11.3. The van der Waals surface area contributed by atoms with E-state index in [4.69, 9.17) is 9.47 Å². The maximum atomic E-state index is 13.1. The average molecular weight is 480 g/mol. The normalized spacial score (nSPS) is 15.7. The molecule has 8 heteroatoms. The summed E-state index contributed by atoms with van der Waals surface area (Å²) >= 11 is 1.42. The Labute approximate surface area is 203 Å². The molecular weight excluding hydrogens is 450 g/mol. The summed E-state index contributed by atoms with van der Waals surface area (Å²) in [6, 6.07) is 17.3. The maximum Gasteiger partial charge on any atom is 0.407 e. The van der Waals surface area contributed by atoms with Crippen LogP contribution in [0.4, 0.5) is 4.79 Å². The largest absolute Gasteiger partial charge is 0.457 e. The van der Waals surface area contributed by atoms with Gasteiger partial charge in [-0.3, -0.25) is 4.79 Å². The van der Waals surface area contributed by atoms with Crippen molar-refractivity contribution in [3.63, 3.8) is 0 Å². The monoisotopic (exact) mass is 479 g/mol. The molecule has 1 aliphatic rings. The zero-order valence-electron chi connectivity index (χ0n) is 19.6. The molecule has 178 valence electrons. The van der Waals surface area contributed by atoms with E-state index in [0.29, 0.717) is 31.1 Å². The van der Waals surface area contributed by atoms with Gasteiger partial charge in [0.1, 0.15) is 27.8 Å². The minimum atomic E-state index is -0.533. The quantitative estimate of drug-likeness (QED) is 0.499. The molecule has 2 heterocycles. The Balaban J connectivity index is 1.38. The van der Waals surface area contributed by atoms with Crippen molar-refractivity contribution in [1.82, 2.24) is 15.2 Å². The lowest BCUT2D eigenvalue weighted by atomic mass is 10.1. The summed E-state index contributed by atoms with van der Waals surface area (Å²) in [6.45, 7) is 7.19. The SMILES string of the molecule is CC(C)(C)OC(=O)NC[C@H]1CCN(C(=O)c2csc(-c3ccccc3Oc3ccccc3)n2)C1. The molecule has 1 aliphatic heterocycles. The first-order chi connectivity index (χ1) is 16.3. The first kappa shape index (κ1) is 23.8. The Morgan fingerprint density at radius 3 is 2.62 bits per heavy atom. The van der Waals surface area contributed by atoms with Gasteiger partial charge in [-0.25, -0.2) is 9.78 Å². The van der Waals surface area contributed by atoms with Crippen LogP contribution in [0.3, 0.4) is 0 Å². The molecule has 2 amide bonds. The van der Waals surface area contributed by atoms with Gasteiger partial charge < -0.3 is 19.7 Å². The van der Waals surface area contributed by atoms with Crippen molar-refractivity contribution in [3.05, 3.63) is 65.7 Å². The highest BCUT2D eigenvalue weighted by atomic mass is 32.1. The molecule has 0 saturated carbocycles. The zero-order valence-corrected chi connectivity index (χ0v) is 20.4. The molecule has 0 unspecified atom stereocenters. The van der Waals surface area contributed by atoms with Gasteiger partial charge in [0.05, 0.1) is 5.56 Å². The molecule has 34 heavy (non-hydrogen) atoms. The molecule has 1 N–H and O–H groups in total. The van der Waals surface area contributed by atoms with Crippen LogP contribution in [-0.4, -0.2) is 47.1 Å². The number of amides is 2. The van der Waals surface area contributed by atoms with Crippen LogP contribution < -0.4 is 10.1 Å². The second-order valence-corrected chi connectivity index (χ2v) is 10.1. The highest BCUT2D eigenvalue weighted by molar-refractivity contribution is 7.13. The molecule has 0 aliphatic carbocycles. The van der Waals surface area contributed by atoms with E-state index in [0.717, 1.165) is 22.7 Å². The van der Waals surface area contributed by atoms with Gasteiger partial charge in [-0.1, -0.05) is 30.3 Å². The van der Waals surface area contributed by atoms with E-state index < -0.39 is 11.7 Å². The van der Waals surface area contributed by atoms with Crippen LogP contribution in [0.1, 0.15) is 37.7 Å². The van der Waals surface area contributed by atoms with Crippen molar-refractivity contribution in [1.29, 1.82) is 0 Å². The number of hydrogen-bond acceptors (Lipinski definition) is 6. The predicted molar refractivity (Wildman–Crippen MR) is 132 cm³/mol. The van der Waals surface area contributed by atoms with Crippen molar-refractivity contribution in [2.24, 2.45) is 5.92 Å². The van der Waals surface area contributed by atoms with Crippen LogP contribution in [0.5, 0.6) is 11.5 Å². The lowest BCUT2D eigenvalue weighted by Gasteiger charge is -2.20. The molecule has 1 saturated heterocycles. The number of carbonyl (C=O) groups is 2. The van der Waals surface area contributed by atoms with Crippen molar-refractivity contribution >= 4 is 23.3 Å². The molecule has 1 atom stereocenters. The Bertz CT molecular complexity index is 1140. The van der Waals surface area contributed by atoms with Gasteiger partial charge in [0.15, 0.2) is 0 Å². The van der Waals surface area contributed by atoms with Crippen LogP contribution in [0.15, 0.2) is 60.0 Å². The number of thiazole rings is 1. The van der Waals surface area contributed by atoms with Crippen LogP contribution in [-0.2, 0) is 4.74 Å². The minimum absolute atomic E-state index is 0.0938. The minimum Gasteiger partial charge on any atom is -0.457 e. The number of benzene rings is 2. The number of nitrogens with one attached hydrogen (secondary N) is 1. The number of alkyl carbamates (subject to hydrolysis) is 1. The van der Waals surface area contributed by atoms with E-state index >= 15 is 0 Å². The summed E-state index contributed by atoms with van der Waals surface area (Å²) in [5.41, 5.74) is 0.737. The number of carbonyl (C=O) groups excluding carboxylic acids is 2. The second kappa shape index (κ2) is 10.3. The molecule has 3 aromatic rings. The number of likely N-dealkylation sites (tertiary alicyclic amines) is 1. The Morgan fingerprint density at radius 2 is 1.85 bits per heavy atom. The summed E-state index contributed by atoms with van der Waals surface area (Å²) in [7, 11) is 0. The molecular formula is C26H29N3O4S. The van der Waals surface area contributed by atoms with Gasteiger partial charge in [-0.15, -0.1) is 11.3 Å². The van der Waals surface area contributed by atoms with Gasteiger partial charge in [0.2, 0.25) is 0 Å². The molecule has 1 fully saturated rings. The third-order valence-electron chi connectivity index (χ3n) is 5.32. The summed E-state index contributed by atoms with van der Waals surface area (Å²) in [6.07, 6.45) is 0.393. The fourth-order valence-electron chi connectivity index (χ4n) is 3.73. The first-order valence-electron chi connectivity index (χ1n) is 11.3. The predicted octanol–water partition coefficient (Wildman–Crippen LogP) is 5.59. The van der Waals surface area contributed by atoms with Gasteiger partial charge in [0.25, 0.3) is 5.91 Å². The van der Waals surface area contributed by atoms with Gasteiger partial charge in [0, 0.05) is 25.0 Å². The zero-order chi connectivity index (χ0) is 24.1. The second-order valence-electron chi connectivity index (χ2n) is 9.24. The highest BCUT2D eigenvalue weighted by Crippen LogP contribution is 2.35. The van der Waals surface area contributed by atoms with E-state index in [1.54, 1.807) is 10.3 Å². The number of aromatic nitrogens is 1. The van der Waals surface area contributed by atoms with Crippen molar-refractivity contribution in [2.45, 2.75) is 32.8 Å². The first-order valence-corrected chi connectivity index (χ1v) is 12.2. The molecule has 1 aromatic heterocycles. The Morgan fingerprint density at radius 1 is 1.12 bits per heavy atom. The third-order valence-corrected chi connectivity index (χ3v) is 6.19. The number of hydrogen-bond donors (Lipinski definition) is 1. The lowest BCUT2D eigenvalue weighted by molar-refractivity contribution is 0.0520. The van der Waals surface area contributed by atoms with Gasteiger partial charge >= 0.3 is 6.09 Å². The van der Waals surface area contributed by atoms with Gasteiger partial charge in [-0.05, 0) is 57.4 Å². The number of nitrogens with zero attached hydrogens (tertiary/aromatic N) is 2. The number of rotatable bonds is 6. The van der Waals surface area contributed by atoms with E-state index in [2.05, 4.69) is 10.3 Å². The Kier molecular flexibility index (Phi) is 7.17. The maximum absolute atomic E-state index is 13.1. The van der Waals surface area contributed by atoms with E-state index in [9.17, 15) is 9.59 Å². The van der Waals surface area contributed by atoms with Crippen LogP contribution in [0, 0.1) is 5.92 Å². The smallest absolute Gasteiger partial charge is 0.407 e. The average Bonchev–Trinajstić information content (AvgIpc) is 3.47. The molecule has 0 radical (unpaired) electrons. The van der Waals surface area contributed by atoms with Crippen molar-refractivity contribution in [3.8, 4) is 22.1 Å². The summed E-state index contributed by atoms with van der Waals surface area (Å²) in [5.74, 6) is 1.53. The van der Waals surface area contributed by atoms with E-state index in [1.165, 1.54) is 11.3 Å². The summed E-state index contributed by atoms with van der Waals surface area (Å²) in [5, 5.41) is 5.33. The Hall–Kier alpha value is -3.39. The number of para-hydroxylation sites is 2. The molecule has 0 bridgehead atoms. The van der Waals surface area contributed by atoms with E-state index in [-0.39, 0.29) is 11.8 Å². The molecule has 2 aromatic carbocycles. The van der Waals surface area contributed by atoms with Crippen molar-refractivity contribution < 1.29 is 19.1 Å². The molecule has 7 nitrogen and oxygen atoms in total. The van der Waals surface area contributed by atoms with Crippen LogP contribution >= 0.6 is 11.3 Å². The topological polar surface area (TPSA) is 80.8 Å². The van der Waals surface area contributed by atoms with Gasteiger partial charge in [-0.2, -0.15) is 0 Å². The van der Waals surface area contributed by atoms with Crippen LogP contribution in [0.2, 0.25) is 0 Å². The standard InChI is InChI=1S/C26H29N3O4S/c1-26(2,3)33-25(31)27-15-18-13-14-29(16-18)24(30)21-17-34-23(28-21)20-11-7-8-12-22(20)32-19-9-5-4-6-10-19/h4-12,17-18H,13-16H2,1-3H3,(H,27,31)/t18-/m1/s1. The van der Waals surface area contributed by atoms with Crippen LogP contribution in [0.25, 0.3) is 10.6 Å². The molecule has 0 spiro atoms. The summed E-state index contributed by atoms with van der Waals surface area (Å²) in [4.78, 5) is 31.4. The van der Waals surface area contributed by atoms with Crippen molar-refractivity contribution in [2.75, 3.05) is 19.6 Å². The highest BCUT2D eigenvalue weighted by Gasteiger charge is 2.29. The molecule has 4 rings (SSSR count).